The van der Waals surface area contributed by atoms with Crippen LogP contribution in [0.5, 0.6) is 0 Å². The third-order valence-electron chi connectivity index (χ3n) is 6.97. The van der Waals surface area contributed by atoms with Crippen molar-refractivity contribution in [1.82, 2.24) is 4.90 Å². The summed E-state index contributed by atoms with van der Waals surface area (Å²) in [7, 11) is 0. The number of unbranched alkanes of at least 4 members (excludes halogenated alkanes) is 1. The Morgan fingerprint density at radius 1 is 1.35 bits per heavy atom. The third-order valence-corrected chi connectivity index (χ3v) is 9.50. The maximum atomic E-state index is 14.4. The number of halogens is 1. The van der Waals surface area contributed by atoms with E-state index in [2.05, 4.69) is 36.4 Å². The maximum Gasteiger partial charge on any atom is 0.155 e. The van der Waals surface area contributed by atoms with Gasteiger partial charge in [0.1, 0.15) is 18.7 Å². The van der Waals surface area contributed by atoms with Gasteiger partial charge < -0.3 is 9.45 Å². The number of alkyl halides is 1. The number of aryl methyl sites for hydroxylation is 2. The van der Waals surface area contributed by atoms with Gasteiger partial charge >= 0.3 is 0 Å². The predicted octanol–water partition coefficient (Wildman–Crippen LogP) is 6.50. The lowest BCUT2D eigenvalue weighted by molar-refractivity contribution is 0.343. The van der Waals surface area contributed by atoms with Crippen molar-refractivity contribution in [2.24, 2.45) is 15.9 Å². The van der Waals surface area contributed by atoms with Crippen LogP contribution in [-0.4, -0.2) is 49.0 Å². The van der Waals surface area contributed by atoms with Crippen LogP contribution in [0.15, 0.2) is 39.7 Å². The maximum absolute atomic E-state index is 14.4. The van der Waals surface area contributed by atoms with Crippen LogP contribution in [0.2, 0.25) is 0 Å². The first-order chi connectivity index (χ1) is 16.3. The summed E-state index contributed by atoms with van der Waals surface area (Å²) in [4.78, 5) is 12.6. The number of thioether (sulfide) groups is 1. The van der Waals surface area contributed by atoms with Crippen LogP contribution < -0.4 is 0 Å². The summed E-state index contributed by atoms with van der Waals surface area (Å²) in [6.07, 6.45) is 5.63. The molecule has 2 aliphatic rings. The van der Waals surface area contributed by atoms with Gasteiger partial charge in [0.15, 0.2) is 11.1 Å². The Labute approximate surface area is 210 Å². The molecular weight excluding hydrogens is 469 g/mol. The molecule has 188 valence electrons. The zero-order valence-electron chi connectivity index (χ0n) is 20.8. The fraction of sp³-hybridized carbons (Fsp3) is 0.615. The highest BCUT2D eigenvalue weighted by Crippen LogP contribution is 2.40. The van der Waals surface area contributed by atoms with Gasteiger partial charge in [-0.3, -0.25) is 4.99 Å². The number of benzene rings is 1. The summed E-state index contributed by atoms with van der Waals surface area (Å²) in [5.74, 6) is 1.12. The molecule has 0 saturated carbocycles. The lowest BCUT2D eigenvalue weighted by atomic mass is 10.0. The van der Waals surface area contributed by atoms with Crippen molar-refractivity contribution in [3.63, 3.8) is 0 Å². The lowest BCUT2D eigenvalue weighted by Crippen LogP contribution is -2.44. The molecule has 34 heavy (non-hydrogen) atoms. The van der Waals surface area contributed by atoms with Gasteiger partial charge in [-0.15, -0.1) is 6.58 Å². The van der Waals surface area contributed by atoms with Crippen molar-refractivity contribution in [3.8, 4) is 0 Å². The van der Waals surface area contributed by atoms with E-state index in [1.54, 1.807) is 11.8 Å². The first-order valence-corrected chi connectivity index (χ1v) is 14.3. The number of nitrogens with zero attached hydrogens (tertiary/aromatic N) is 3. The van der Waals surface area contributed by atoms with Crippen molar-refractivity contribution in [1.29, 1.82) is 0 Å². The van der Waals surface area contributed by atoms with Crippen LogP contribution in [0.3, 0.4) is 0 Å². The Hall–Kier alpha value is -1.51. The van der Waals surface area contributed by atoms with Gasteiger partial charge in [-0.25, -0.2) is 13.6 Å². The molecule has 0 spiro atoms. The van der Waals surface area contributed by atoms with Gasteiger partial charge in [0.25, 0.3) is 0 Å². The second-order valence-corrected chi connectivity index (χ2v) is 11.6. The van der Waals surface area contributed by atoms with Crippen molar-refractivity contribution >= 4 is 34.4 Å². The largest absolute Gasteiger partial charge is 0.344 e. The average molecular weight is 508 g/mol. The topological polar surface area (TPSA) is 65.3 Å². The van der Waals surface area contributed by atoms with Gasteiger partial charge in [-0.05, 0) is 68.7 Å². The van der Waals surface area contributed by atoms with Crippen LogP contribution in [0.1, 0.15) is 75.7 Å². The highest BCUT2D eigenvalue weighted by atomic mass is 32.2. The standard InChI is InChI=1S/C26H38FN3O2S2/c1-6-21(34(31)32)10-8-9-13-30(26-18(4)19(5)28-16-29-26)25(7-2)33-24-15-22-20(14-17(24)3)11-12-23(22)27/h7,14-15,18,21,23,25H,2,6,8-13,16H2,1,3-5H3,(H,31,32). The van der Waals surface area contributed by atoms with Crippen LogP contribution in [-0.2, 0) is 17.5 Å². The molecule has 3 rings (SSSR count). The molecule has 1 aliphatic carbocycles. The molecule has 1 aromatic rings. The number of rotatable bonds is 11. The third kappa shape index (κ3) is 6.38. The van der Waals surface area contributed by atoms with Gasteiger partial charge in [-0.2, -0.15) is 0 Å². The lowest BCUT2D eigenvalue weighted by Gasteiger charge is -2.36. The molecular formula is C26H38FN3O2S2. The zero-order valence-corrected chi connectivity index (χ0v) is 22.4. The minimum atomic E-state index is -1.78. The summed E-state index contributed by atoms with van der Waals surface area (Å²) in [5.41, 5.74) is 4.19. The molecule has 0 bridgehead atoms. The molecule has 0 aromatic heterocycles. The highest BCUT2D eigenvalue weighted by molar-refractivity contribution is 8.00. The molecule has 1 aliphatic heterocycles. The van der Waals surface area contributed by atoms with E-state index in [1.807, 2.05) is 26.0 Å². The molecule has 1 aromatic carbocycles. The molecule has 0 saturated heterocycles. The number of hydrogen-bond acceptors (Lipinski definition) is 5. The molecule has 5 atom stereocenters. The summed E-state index contributed by atoms with van der Waals surface area (Å²) in [6.45, 7) is 13.6. The number of aliphatic imine (C=N–C) groups is 2. The summed E-state index contributed by atoms with van der Waals surface area (Å²) in [5, 5.41) is -0.238. The molecule has 1 N–H and O–H groups in total. The van der Waals surface area contributed by atoms with Crippen molar-refractivity contribution in [2.75, 3.05) is 13.2 Å². The van der Waals surface area contributed by atoms with E-state index in [1.165, 1.54) is 0 Å². The Morgan fingerprint density at radius 2 is 2.12 bits per heavy atom. The van der Waals surface area contributed by atoms with Gasteiger partial charge in [-0.1, -0.05) is 44.2 Å². The molecule has 0 amide bonds. The van der Waals surface area contributed by atoms with E-state index < -0.39 is 17.3 Å². The van der Waals surface area contributed by atoms with Crippen LogP contribution in [0.4, 0.5) is 4.39 Å². The number of fused-ring (bicyclic) bond motifs is 1. The SMILES string of the molecule is C=CC(Sc1cc2c(cc1C)CCC2F)N(CCCCC(CC)S(=O)O)C1=NCN=C(C)C1C. The van der Waals surface area contributed by atoms with Crippen LogP contribution in [0.25, 0.3) is 0 Å². The van der Waals surface area contributed by atoms with E-state index in [0.717, 1.165) is 65.4 Å². The second-order valence-electron chi connectivity index (χ2n) is 9.24. The van der Waals surface area contributed by atoms with E-state index in [0.29, 0.717) is 19.5 Å². The Balaban J connectivity index is 1.80. The second kappa shape index (κ2) is 12.5. The van der Waals surface area contributed by atoms with E-state index in [4.69, 9.17) is 4.99 Å². The van der Waals surface area contributed by atoms with E-state index >= 15 is 0 Å². The Bertz CT molecular complexity index is 966. The molecule has 5 unspecified atom stereocenters. The fourth-order valence-electron chi connectivity index (χ4n) is 4.70. The van der Waals surface area contributed by atoms with Gasteiger partial charge in [0.2, 0.25) is 0 Å². The molecule has 1 heterocycles. The van der Waals surface area contributed by atoms with Gasteiger partial charge in [0, 0.05) is 17.2 Å². The first kappa shape index (κ1) is 27.1. The van der Waals surface area contributed by atoms with Gasteiger partial charge in [0.05, 0.1) is 16.5 Å². The fourth-order valence-corrected chi connectivity index (χ4v) is 6.49. The van der Waals surface area contributed by atoms with Crippen molar-refractivity contribution in [2.45, 2.75) is 87.9 Å². The average Bonchev–Trinajstić information content (AvgIpc) is 3.16. The van der Waals surface area contributed by atoms with Crippen LogP contribution in [0, 0.1) is 12.8 Å². The predicted molar refractivity (Wildman–Crippen MR) is 143 cm³/mol. The monoisotopic (exact) mass is 507 g/mol. The quantitative estimate of drug-likeness (QED) is 0.122. The number of amidine groups is 1. The van der Waals surface area contributed by atoms with Crippen molar-refractivity contribution in [3.05, 3.63) is 41.5 Å². The smallest absolute Gasteiger partial charge is 0.155 e. The summed E-state index contributed by atoms with van der Waals surface area (Å²) >= 11 is -0.0850. The summed E-state index contributed by atoms with van der Waals surface area (Å²) in [6, 6.07) is 4.17. The minimum absolute atomic E-state index is 0.0581. The highest BCUT2D eigenvalue weighted by Gasteiger charge is 2.29. The molecule has 5 nitrogen and oxygen atoms in total. The Kier molecular flexibility index (Phi) is 9.92. The van der Waals surface area contributed by atoms with E-state index in [9.17, 15) is 13.2 Å². The van der Waals surface area contributed by atoms with Crippen molar-refractivity contribution < 1.29 is 13.2 Å². The molecule has 0 fully saturated rings. The van der Waals surface area contributed by atoms with E-state index in [-0.39, 0.29) is 16.5 Å². The minimum Gasteiger partial charge on any atom is -0.344 e. The first-order valence-electron chi connectivity index (χ1n) is 12.2. The Morgan fingerprint density at radius 3 is 2.79 bits per heavy atom. The normalized spacial score (nSPS) is 22.4. The number of hydrogen-bond donors (Lipinski definition) is 1. The molecule has 8 heteroatoms. The summed E-state index contributed by atoms with van der Waals surface area (Å²) < 4.78 is 35.4. The molecule has 0 radical (unpaired) electrons. The van der Waals surface area contributed by atoms with Crippen LogP contribution >= 0.6 is 11.8 Å². The zero-order chi connectivity index (χ0) is 24.8.